The highest BCUT2D eigenvalue weighted by atomic mass is 16.1. The summed E-state index contributed by atoms with van der Waals surface area (Å²) in [6.45, 7) is 4.05. The van der Waals surface area contributed by atoms with Crippen molar-refractivity contribution in [2.75, 3.05) is 7.05 Å². The predicted octanol–water partition coefficient (Wildman–Crippen LogP) is 2.98. The number of carbonyl (C=O) groups is 1. The summed E-state index contributed by atoms with van der Waals surface area (Å²) in [5.41, 5.74) is 5.78. The van der Waals surface area contributed by atoms with Gasteiger partial charge in [0.05, 0.1) is 5.69 Å². The monoisotopic (exact) mass is 279 g/mol. The fourth-order valence-corrected chi connectivity index (χ4v) is 2.45. The van der Waals surface area contributed by atoms with Gasteiger partial charge in [0.25, 0.3) is 5.91 Å². The molecule has 0 atom stereocenters. The lowest BCUT2D eigenvalue weighted by Gasteiger charge is -2.05. The minimum Gasteiger partial charge on any atom is -0.355 e. The van der Waals surface area contributed by atoms with Gasteiger partial charge in [0, 0.05) is 30.6 Å². The Kier molecular flexibility index (Phi) is 3.22. The number of benzene rings is 1. The zero-order valence-corrected chi connectivity index (χ0v) is 12.3. The maximum Gasteiger partial charge on any atom is 0.251 e. The van der Waals surface area contributed by atoms with Gasteiger partial charge >= 0.3 is 0 Å². The highest BCUT2D eigenvalue weighted by molar-refractivity contribution is 5.94. The molecule has 0 saturated carbocycles. The maximum atomic E-state index is 11.7. The third kappa shape index (κ3) is 2.40. The Balaban J connectivity index is 2.08. The van der Waals surface area contributed by atoms with Gasteiger partial charge in [-0.1, -0.05) is 6.07 Å². The van der Waals surface area contributed by atoms with E-state index >= 15 is 0 Å². The normalized spacial score (nSPS) is 10.8. The number of imidazole rings is 1. The van der Waals surface area contributed by atoms with Crippen molar-refractivity contribution in [3.05, 3.63) is 59.4 Å². The number of hydrogen-bond acceptors (Lipinski definition) is 2. The number of hydrogen-bond donors (Lipinski definition) is 1. The minimum atomic E-state index is -0.0738. The molecule has 3 rings (SSSR count). The van der Waals surface area contributed by atoms with E-state index in [1.807, 2.05) is 41.9 Å². The van der Waals surface area contributed by atoms with E-state index in [0.29, 0.717) is 5.56 Å². The van der Waals surface area contributed by atoms with E-state index in [0.717, 1.165) is 22.5 Å². The van der Waals surface area contributed by atoms with E-state index in [1.165, 1.54) is 5.56 Å². The Hall–Kier alpha value is -2.62. The zero-order chi connectivity index (χ0) is 15.0. The number of nitrogens with one attached hydrogen (secondary N) is 1. The first-order chi connectivity index (χ1) is 10.1. The third-order valence-electron chi connectivity index (χ3n) is 3.61. The van der Waals surface area contributed by atoms with Crippen molar-refractivity contribution in [2.45, 2.75) is 13.8 Å². The van der Waals surface area contributed by atoms with Gasteiger partial charge in [-0.15, -0.1) is 0 Å². The molecular weight excluding hydrogens is 262 g/mol. The standard InChI is InChI=1S/C17H17N3O/c1-11-6-7-20-10-15(19-16(20)8-11)14-5-4-13(9-12(14)2)17(21)18-3/h4-10H,1-3H3,(H,18,21). The number of amides is 1. The number of nitrogens with zero attached hydrogens (tertiary/aromatic N) is 2. The topological polar surface area (TPSA) is 46.4 Å². The van der Waals surface area contributed by atoms with E-state index in [1.54, 1.807) is 7.05 Å². The summed E-state index contributed by atoms with van der Waals surface area (Å²) < 4.78 is 2.01. The van der Waals surface area contributed by atoms with Gasteiger partial charge in [0.15, 0.2) is 0 Å². The van der Waals surface area contributed by atoms with Gasteiger partial charge in [0.1, 0.15) is 5.65 Å². The van der Waals surface area contributed by atoms with Crippen LogP contribution >= 0.6 is 0 Å². The number of aromatic nitrogens is 2. The van der Waals surface area contributed by atoms with Crippen molar-refractivity contribution >= 4 is 11.6 Å². The summed E-state index contributed by atoms with van der Waals surface area (Å²) in [5, 5.41) is 2.64. The molecule has 0 radical (unpaired) electrons. The average molecular weight is 279 g/mol. The summed E-state index contributed by atoms with van der Waals surface area (Å²) in [4.78, 5) is 16.3. The average Bonchev–Trinajstić information content (AvgIpc) is 2.88. The Morgan fingerprint density at radius 2 is 2.00 bits per heavy atom. The van der Waals surface area contributed by atoms with Crippen LogP contribution in [0.25, 0.3) is 16.9 Å². The Labute approximate surface area is 123 Å². The first-order valence-corrected chi connectivity index (χ1v) is 6.87. The molecule has 1 N–H and O–H groups in total. The molecule has 0 aliphatic heterocycles. The first kappa shape index (κ1) is 13.4. The molecule has 3 aromatic rings. The number of pyridine rings is 1. The van der Waals surface area contributed by atoms with Gasteiger partial charge < -0.3 is 9.72 Å². The third-order valence-corrected chi connectivity index (χ3v) is 3.61. The summed E-state index contributed by atoms with van der Waals surface area (Å²) >= 11 is 0. The fraction of sp³-hybridized carbons (Fsp3) is 0.176. The van der Waals surface area contributed by atoms with Crippen molar-refractivity contribution in [3.63, 3.8) is 0 Å². The maximum absolute atomic E-state index is 11.7. The second kappa shape index (κ2) is 5.05. The molecule has 1 amide bonds. The van der Waals surface area contributed by atoms with E-state index in [2.05, 4.69) is 29.4 Å². The van der Waals surface area contributed by atoms with Crippen LogP contribution in [-0.2, 0) is 0 Å². The van der Waals surface area contributed by atoms with Gasteiger partial charge in [-0.3, -0.25) is 4.79 Å². The number of rotatable bonds is 2. The Morgan fingerprint density at radius 3 is 2.71 bits per heavy atom. The number of carbonyl (C=O) groups excluding carboxylic acids is 1. The van der Waals surface area contributed by atoms with Crippen LogP contribution in [0, 0.1) is 13.8 Å². The highest BCUT2D eigenvalue weighted by Gasteiger charge is 2.10. The van der Waals surface area contributed by atoms with E-state index < -0.39 is 0 Å². The largest absolute Gasteiger partial charge is 0.355 e. The van der Waals surface area contributed by atoms with Gasteiger partial charge in [0.2, 0.25) is 0 Å². The molecular formula is C17H17N3O. The molecule has 1 aromatic carbocycles. The van der Waals surface area contributed by atoms with Crippen LogP contribution in [0.5, 0.6) is 0 Å². The molecule has 0 spiro atoms. The van der Waals surface area contributed by atoms with Crippen molar-refractivity contribution in [2.24, 2.45) is 0 Å². The molecule has 2 aromatic heterocycles. The molecule has 0 aliphatic carbocycles. The molecule has 2 heterocycles. The minimum absolute atomic E-state index is 0.0738. The van der Waals surface area contributed by atoms with Crippen LogP contribution in [0.1, 0.15) is 21.5 Å². The lowest BCUT2D eigenvalue weighted by Crippen LogP contribution is -2.17. The Bertz CT molecular complexity index is 833. The predicted molar refractivity (Wildman–Crippen MR) is 83.5 cm³/mol. The smallest absolute Gasteiger partial charge is 0.251 e. The lowest BCUT2D eigenvalue weighted by molar-refractivity contribution is 0.0963. The van der Waals surface area contributed by atoms with Crippen LogP contribution in [0.4, 0.5) is 0 Å². The summed E-state index contributed by atoms with van der Waals surface area (Å²) in [6.07, 6.45) is 4.02. The molecule has 106 valence electrons. The summed E-state index contributed by atoms with van der Waals surface area (Å²) in [7, 11) is 1.63. The van der Waals surface area contributed by atoms with Crippen molar-refractivity contribution < 1.29 is 4.79 Å². The van der Waals surface area contributed by atoms with E-state index in [-0.39, 0.29) is 5.91 Å². The fourth-order valence-electron chi connectivity index (χ4n) is 2.45. The number of fused-ring (bicyclic) bond motifs is 1. The lowest BCUT2D eigenvalue weighted by atomic mass is 10.0. The SMILES string of the molecule is CNC(=O)c1ccc(-c2cn3ccc(C)cc3n2)c(C)c1. The molecule has 0 fully saturated rings. The van der Waals surface area contributed by atoms with Crippen molar-refractivity contribution in [1.82, 2.24) is 14.7 Å². The molecule has 0 saturated heterocycles. The van der Waals surface area contributed by atoms with Crippen LogP contribution in [0.3, 0.4) is 0 Å². The Morgan fingerprint density at radius 1 is 1.19 bits per heavy atom. The second-order valence-electron chi connectivity index (χ2n) is 5.20. The van der Waals surface area contributed by atoms with E-state index in [4.69, 9.17) is 0 Å². The molecule has 0 aliphatic rings. The molecule has 0 unspecified atom stereocenters. The molecule has 21 heavy (non-hydrogen) atoms. The molecule has 0 bridgehead atoms. The highest BCUT2D eigenvalue weighted by Crippen LogP contribution is 2.24. The van der Waals surface area contributed by atoms with Crippen LogP contribution < -0.4 is 5.32 Å². The molecule has 4 nitrogen and oxygen atoms in total. The van der Waals surface area contributed by atoms with Crippen molar-refractivity contribution in [1.29, 1.82) is 0 Å². The van der Waals surface area contributed by atoms with Gasteiger partial charge in [-0.25, -0.2) is 4.98 Å². The quantitative estimate of drug-likeness (QED) is 0.784. The molecule has 4 heteroatoms. The number of aryl methyl sites for hydroxylation is 2. The van der Waals surface area contributed by atoms with Crippen LogP contribution in [-0.4, -0.2) is 22.3 Å². The van der Waals surface area contributed by atoms with Crippen LogP contribution in [0.15, 0.2) is 42.7 Å². The summed E-state index contributed by atoms with van der Waals surface area (Å²) in [5.74, 6) is -0.0738. The van der Waals surface area contributed by atoms with Crippen molar-refractivity contribution in [3.8, 4) is 11.3 Å². The van der Waals surface area contributed by atoms with Gasteiger partial charge in [-0.05, 0) is 49.2 Å². The second-order valence-corrected chi connectivity index (χ2v) is 5.20. The van der Waals surface area contributed by atoms with Crippen LogP contribution in [0.2, 0.25) is 0 Å². The summed E-state index contributed by atoms with van der Waals surface area (Å²) in [6, 6.07) is 9.78. The first-order valence-electron chi connectivity index (χ1n) is 6.87. The van der Waals surface area contributed by atoms with E-state index in [9.17, 15) is 4.79 Å². The van der Waals surface area contributed by atoms with Gasteiger partial charge in [-0.2, -0.15) is 0 Å². The zero-order valence-electron chi connectivity index (χ0n) is 12.3.